The highest BCUT2D eigenvalue weighted by Gasteiger charge is 2.36. The number of ketones is 1. The molecule has 128 valence electrons. The Hall–Kier alpha value is -1.37. The van der Waals surface area contributed by atoms with Gasteiger partial charge in [0.25, 0.3) is 0 Å². The zero-order chi connectivity index (χ0) is 17.9. The van der Waals surface area contributed by atoms with Crippen molar-refractivity contribution in [2.45, 2.75) is 74.7 Å². The van der Waals surface area contributed by atoms with E-state index >= 15 is 0 Å². The molecule has 2 atom stereocenters. The molecule has 0 N–H and O–H groups in total. The van der Waals surface area contributed by atoms with Gasteiger partial charge in [-0.3, -0.25) is 4.79 Å². The van der Waals surface area contributed by atoms with Crippen LogP contribution in [-0.2, 0) is 4.79 Å². The zero-order valence-corrected chi connectivity index (χ0v) is 16.4. The van der Waals surface area contributed by atoms with Crippen LogP contribution in [0.3, 0.4) is 0 Å². The van der Waals surface area contributed by atoms with E-state index in [1.165, 1.54) is 12.0 Å². The predicted molar refractivity (Wildman–Crippen MR) is 101 cm³/mol. The van der Waals surface area contributed by atoms with Gasteiger partial charge in [0.15, 0.2) is 5.78 Å². The van der Waals surface area contributed by atoms with E-state index in [1.54, 1.807) is 0 Å². The van der Waals surface area contributed by atoms with Crippen LogP contribution in [0.4, 0.5) is 0 Å². The first kappa shape index (κ1) is 19.7. The fourth-order valence-electron chi connectivity index (χ4n) is 3.52. The third kappa shape index (κ3) is 3.94. The lowest BCUT2D eigenvalue weighted by molar-refractivity contribution is -0.113. The Morgan fingerprint density at radius 3 is 2.22 bits per heavy atom. The molecule has 0 bridgehead atoms. The Labute approximate surface area is 143 Å². The number of hydrogen-bond acceptors (Lipinski definition) is 1. The molecule has 0 saturated heterocycles. The van der Waals surface area contributed by atoms with Gasteiger partial charge in [-0.2, -0.15) is 0 Å². The summed E-state index contributed by atoms with van der Waals surface area (Å²) in [5.41, 5.74) is 6.07. The van der Waals surface area contributed by atoms with Gasteiger partial charge in [0.2, 0.25) is 0 Å². The fraction of sp³-hybridized carbons (Fsp3) is 0.591. The molecule has 0 aromatic heterocycles. The summed E-state index contributed by atoms with van der Waals surface area (Å²) in [6, 6.07) is 0. The highest BCUT2D eigenvalue weighted by Crippen LogP contribution is 2.43. The normalized spacial score (nSPS) is 21.0. The molecule has 1 heteroatoms. The molecular formula is C22H34O. The first-order valence-corrected chi connectivity index (χ1v) is 8.90. The highest BCUT2D eigenvalue weighted by atomic mass is 16.1. The van der Waals surface area contributed by atoms with Gasteiger partial charge in [-0.25, -0.2) is 0 Å². The van der Waals surface area contributed by atoms with Crippen LogP contribution in [0.1, 0.15) is 74.7 Å². The maximum absolute atomic E-state index is 13.0. The Balaban J connectivity index is 3.35. The van der Waals surface area contributed by atoms with Crippen molar-refractivity contribution in [3.63, 3.8) is 0 Å². The number of carbonyl (C=O) groups is 1. The Kier molecular flexibility index (Phi) is 6.39. The third-order valence-corrected chi connectivity index (χ3v) is 5.65. The van der Waals surface area contributed by atoms with E-state index in [1.807, 2.05) is 13.8 Å². The molecular weight excluding hydrogens is 280 g/mol. The van der Waals surface area contributed by atoms with Crippen LogP contribution in [0.2, 0.25) is 0 Å². The number of allylic oxidation sites excluding steroid dienone is 7. The Bertz CT molecular complexity index is 597. The summed E-state index contributed by atoms with van der Waals surface area (Å²) in [5.74, 6) is 0.882. The van der Waals surface area contributed by atoms with Crippen LogP contribution in [-0.4, -0.2) is 5.78 Å². The quantitative estimate of drug-likeness (QED) is 0.506. The minimum Gasteiger partial charge on any atom is -0.289 e. The van der Waals surface area contributed by atoms with Gasteiger partial charge in [0, 0.05) is 16.6 Å². The van der Waals surface area contributed by atoms with E-state index in [0.29, 0.717) is 5.92 Å². The maximum Gasteiger partial charge on any atom is 0.186 e. The van der Waals surface area contributed by atoms with Crippen LogP contribution >= 0.6 is 0 Å². The topological polar surface area (TPSA) is 17.1 Å². The molecule has 0 fully saturated rings. The van der Waals surface area contributed by atoms with Crippen molar-refractivity contribution in [3.05, 3.63) is 46.1 Å². The first-order valence-electron chi connectivity index (χ1n) is 8.90. The van der Waals surface area contributed by atoms with Crippen LogP contribution in [0.5, 0.6) is 0 Å². The van der Waals surface area contributed by atoms with Crippen molar-refractivity contribution in [1.82, 2.24) is 0 Å². The van der Waals surface area contributed by atoms with Gasteiger partial charge in [0.1, 0.15) is 0 Å². The van der Waals surface area contributed by atoms with Gasteiger partial charge in [-0.1, -0.05) is 52.3 Å². The lowest BCUT2D eigenvalue weighted by atomic mass is 9.69. The summed E-state index contributed by atoms with van der Waals surface area (Å²) in [4.78, 5) is 13.0. The monoisotopic (exact) mass is 314 g/mol. The summed E-state index contributed by atoms with van der Waals surface area (Å²) >= 11 is 0. The summed E-state index contributed by atoms with van der Waals surface area (Å²) in [5, 5.41) is 0. The summed E-state index contributed by atoms with van der Waals surface area (Å²) < 4.78 is 0. The summed E-state index contributed by atoms with van der Waals surface area (Å²) in [7, 11) is 0. The van der Waals surface area contributed by atoms with Crippen molar-refractivity contribution in [2.75, 3.05) is 0 Å². The number of Topliss-reactive ketones (excluding diaryl/α,β-unsaturated/α-hetero) is 1. The van der Waals surface area contributed by atoms with Crippen molar-refractivity contribution >= 4 is 5.78 Å². The van der Waals surface area contributed by atoms with E-state index in [0.717, 1.165) is 40.7 Å². The predicted octanol–water partition coefficient (Wildman–Crippen LogP) is 6.58. The van der Waals surface area contributed by atoms with Gasteiger partial charge in [-0.05, 0) is 63.2 Å². The van der Waals surface area contributed by atoms with Crippen LogP contribution in [0, 0.1) is 11.3 Å². The summed E-state index contributed by atoms with van der Waals surface area (Å²) in [6.07, 6.45) is 5.54. The van der Waals surface area contributed by atoms with E-state index in [9.17, 15) is 4.79 Å². The molecule has 0 saturated carbocycles. The molecule has 0 heterocycles. The molecule has 23 heavy (non-hydrogen) atoms. The van der Waals surface area contributed by atoms with E-state index in [-0.39, 0.29) is 11.2 Å². The minimum absolute atomic E-state index is 0.198. The van der Waals surface area contributed by atoms with Crippen molar-refractivity contribution < 1.29 is 4.79 Å². The van der Waals surface area contributed by atoms with E-state index in [2.05, 4.69) is 54.2 Å². The standard InChI is InChI=1S/C22H34O/c1-10-14(3)12-15(4)13-22(9,11-2)20-18(7)16(5)17(6)19(8)21(20)23/h13-14H,5,10-12H2,1-4,6-9H3/b15-13+/t14-,22-/m1/s1. The SMILES string of the molecule is C=C1C(C)=C(C)C(=O)C([C@@](C)(/C=C(\C)C[C@H](C)CC)CC)=C1C. The molecule has 0 aliphatic heterocycles. The second kappa shape index (κ2) is 7.47. The summed E-state index contributed by atoms with van der Waals surface area (Å²) in [6.45, 7) is 21.3. The lowest BCUT2D eigenvalue weighted by Crippen LogP contribution is -2.28. The molecule has 0 aromatic carbocycles. The average molecular weight is 315 g/mol. The Morgan fingerprint density at radius 2 is 1.74 bits per heavy atom. The van der Waals surface area contributed by atoms with Crippen LogP contribution in [0.15, 0.2) is 46.1 Å². The first-order chi connectivity index (χ1) is 10.6. The van der Waals surface area contributed by atoms with Gasteiger partial charge in [0.05, 0.1) is 0 Å². The van der Waals surface area contributed by atoms with Crippen molar-refractivity contribution in [1.29, 1.82) is 0 Å². The van der Waals surface area contributed by atoms with E-state index < -0.39 is 0 Å². The molecule has 1 aliphatic carbocycles. The Morgan fingerprint density at radius 1 is 1.17 bits per heavy atom. The van der Waals surface area contributed by atoms with Crippen molar-refractivity contribution in [2.24, 2.45) is 11.3 Å². The van der Waals surface area contributed by atoms with Crippen molar-refractivity contribution in [3.8, 4) is 0 Å². The van der Waals surface area contributed by atoms with E-state index in [4.69, 9.17) is 0 Å². The smallest absolute Gasteiger partial charge is 0.186 e. The van der Waals surface area contributed by atoms with Crippen LogP contribution < -0.4 is 0 Å². The average Bonchev–Trinajstić information content (AvgIpc) is 2.50. The van der Waals surface area contributed by atoms with Gasteiger partial charge in [-0.15, -0.1) is 0 Å². The second-order valence-corrected chi connectivity index (χ2v) is 7.54. The lowest BCUT2D eigenvalue weighted by Gasteiger charge is -2.34. The van der Waals surface area contributed by atoms with Crippen LogP contribution in [0.25, 0.3) is 0 Å². The molecule has 0 amide bonds. The largest absolute Gasteiger partial charge is 0.289 e. The molecule has 0 aromatic rings. The number of hydrogen-bond donors (Lipinski definition) is 0. The molecule has 0 spiro atoms. The number of rotatable bonds is 6. The zero-order valence-electron chi connectivity index (χ0n) is 16.4. The molecule has 1 nitrogen and oxygen atoms in total. The highest BCUT2D eigenvalue weighted by molar-refractivity contribution is 6.12. The second-order valence-electron chi connectivity index (χ2n) is 7.54. The fourth-order valence-corrected chi connectivity index (χ4v) is 3.52. The molecule has 0 radical (unpaired) electrons. The molecule has 0 unspecified atom stereocenters. The molecule has 1 aliphatic rings. The van der Waals surface area contributed by atoms with Gasteiger partial charge >= 0.3 is 0 Å². The number of carbonyl (C=O) groups excluding carboxylic acids is 1. The van der Waals surface area contributed by atoms with Gasteiger partial charge < -0.3 is 0 Å². The third-order valence-electron chi connectivity index (χ3n) is 5.65. The minimum atomic E-state index is -0.219. The molecule has 1 rings (SSSR count). The maximum atomic E-state index is 13.0.